The minimum atomic E-state index is -0.672. The number of nitrogens with zero attached hydrogens (tertiary/aromatic N) is 2. The van der Waals surface area contributed by atoms with E-state index in [4.69, 9.17) is 5.73 Å². The van der Waals surface area contributed by atoms with Gasteiger partial charge >= 0.3 is 5.69 Å². The van der Waals surface area contributed by atoms with Crippen molar-refractivity contribution in [3.63, 3.8) is 0 Å². The number of nitrogen functional groups attached to an aromatic ring is 1. The molecule has 0 atom stereocenters. The molecule has 2 N–H and O–H groups in total. The van der Waals surface area contributed by atoms with E-state index in [2.05, 4.69) is 0 Å². The number of aromatic nitrogens is 2. The van der Waals surface area contributed by atoms with Crippen LogP contribution in [-0.2, 0) is 14.1 Å². The third kappa shape index (κ3) is 1.68. The summed E-state index contributed by atoms with van der Waals surface area (Å²) in [5, 5.41) is 1.73. The molecular weight excluding hydrogens is 254 g/mol. The smallest absolute Gasteiger partial charge is 0.332 e. The molecule has 2 aromatic rings. The number of carbonyl (C=O) groups excluding carboxylic acids is 1. The monoisotopic (exact) mass is 265 g/mol. The van der Waals surface area contributed by atoms with Gasteiger partial charge in [-0.3, -0.25) is 18.7 Å². The fraction of sp³-hybridized carbons (Fsp3) is 0.182. The molecule has 0 amide bonds. The van der Waals surface area contributed by atoms with Crippen LogP contribution in [0.4, 0.5) is 5.82 Å². The molecule has 0 unspecified atom stereocenters. The summed E-state index contributed by atoms with van der Waals surface area (Å²) in [6.07, 6.45) is 0. The van der Waals surface area contributed by atoms with Crippen LogP contribution in [0, 0.1) is 0 Å². The highest BCUT2D eigenvalue weighted by atomic mass is 32.1. The van der Waals surface area contributed by atoms with E-state index in [1.54, 1.807) is 17.5 Å². The van der Waals surface area contributed by atoms with Gasteiger partial charge in [-0.1, -0.05) is 6.07 Å². The van der Waals surface area contributed by atoms with Crippen molar-refractivity contribution in [2.45, 2.75) is 0 Å². The van der Waals surface area contributed by atoms with Crippen molar-refractivity contribution >= 4 is 22.9 Å². The fourth-order valence-electron chi connectivity index (χ4n) is 1.60. The topological polar surface area (TPSA) is 87.1 Å². The third-order valence-electron chi connectivity index (χ3n) is 2.68. The lowest BCUT2D eigenvalue weighted by Gasteiger charge is -2.09. The lowest BCUT2D eigenvalue weighted by molar-refractivity contribution is 0.104. The molecule has 0 aromatic carbocycles. The van der Waals surface area contributed by atoms with Crippen LogP contribution in [0.2, 0.25) is 0 Å². The average Bonchev–Trinajstić information content (AvgIpc) is 2.88. The van der Waals surface area contributed by atoms with Crippen LogP contribution in [-0.4, -0.2) is 14.9 Å². The molecule has 0 aliphatic heterocycles. The van der Waals surface area contributed by atoms with E-state index in [0.29, 0.717) is 4.88 Å². The molecule has 0 fully saturated rings. The van der Waals surface area contributed by atoms with E-state index < -0.39 is 17.0 Å². The summed E-state index contributed by atoms with van der Waals surface area (Å²) in [7, 11) is 2.73. The molecule has 7 heteroatoms. The Morgan fingerprint density at radius 3 is 2.50 bits per heavy atom. The van der Waals surface area contributed by atoms with Crippen LogP contribution >= 0.6 is 11.3 Å². The number of hydrogen-bond acceptors (Lipinski definition) is 5. The van der Waals surface area contributed by atoms with Gasteiger partial charge in [0.1, 0.15) is 11.4 Å². The maximum absolute atomic E-state index is 12.2. The van der Waals surface area contributed by atoms with E-state index in [-0.39, 0.29) is 11.4 Å². The molecule has 0 aliphatic carbocycles. The summed E-state index contributed by atoms with van der Waals surface area (Å²) >= 11 is 1.22. The van der Waals surface area contributed by atoms with Gasteiger partial charge in [-0.15, -0.1) is 11.3 Å². The summed E-state index contributed by atoms with van der Waals surface area (Å²) in [5.74, 6) is -0.569. The molecule has 2 aromatic heterocycles. The molecular formula is C11H11N3O3S. The van der Waals surface area contributed by atoms with Gasteiger partial charge in [0.2, 0.25) is 5.78 Å². The zero-order valence-corrected chi connectivity index (χ0v) is 10.7. The lowest BCUT2D eigenvalue weighted by Crippen LogP contribution is -2.41. The molecule has 2 rings (SSSR count). The van der Waals surface area contributed by atoms with Crippen LogP contribution in [0.25, 0.3) is 0 Å². The molecule has 0 bridgehead atoms. The second-order valence-electron chi connectivity index (χ2n) is 3.77. The number of thiophene rings is 1. The van der Waals surface area contributed by atoms with Crippen LogP contribution in [0.15, 0.2) is 27.1 Å². The SMILES string of the molecule is Cn1c(N)c(C(=O)c2cccs2)c(=O)n(C)c1=O. The van der Waals surface area contributed by atoms with Crippen LogP contribution in [0.3, 0.4) is 0 Å². The number of anilines is 1. The molecule has 18 heavy (non-hydrogen) atoms. The van der Waals surface area contributed by atoms with Crippen LogP contribution in [0.1, 0.15) is 15.2 Å². The van der Waals surface area contributed by atoms with Gasteiger partial charge in [0.15, 0.2) is 0 Å². The average molecular weight is 265 g/mol. The van der Waals surface area contributed by atoms with Gasteiger partial charge in [-0.05, 0) is 11.4 Å². The third-order valence-corrected chi connectivity index (χ3v) is 3.55. The quantitative estimate of drug-likeness (QED) is 0.772. The van der Waals surface area contributed by atoms with Crippen molar-refractivity contribution in [2.75, 3.05) is 5.73 Å². The highest BCUT2D eigenvalue weighted by molar-refractivity contribution is 7.12. The Labute approximate surface area is 106 Å². The first kappa shape index (κ1) is 12.3. The summed E-state index contributed by atoms with van der Waals surface area (Å²) in [6, 6.07) is 3.32. The van der Waals surface area contributed by atoms with E-state index in [1.807, 2.05) is 0 Å². The zero-order chi connectivity index (χ0) is 13.4. The van der Waals surface area contributed by atoms with Crippen LogP contribution in [0.5, 0.6) is 0 Å². The minimum Gasteiger partial charge on any atom is -0.384 e. The van der Waals surface area contributed by atoms with Gasteiger partial charge in [0.05, 0.1) is 4.88 Å². The standard InChI is InChI=1S/C11H11N3O3S/c1-13-9(12)7(10(16)14(2)11(13)17)8(15)6-4-3-5-18-6/h3-5H,12H2,1-2H3. The Morgan fingerprint density at radius 2 is 1.94 bits per heavy atom. The Kier molecular flexibility index (Phi) is 2.92. The van der Waals surface area contributed by atoms with Crippen molar-refractivity contribution in [3.05, 3.63) is 48.8 Å². The van der Waals surface area contributed by atoms with Gasteiger partial charge in [0.25, 0.3) is 5.56 Å². The summed E-state index contributed by atoms with van der Waals surface area (Å²) in [4.78, 5) is 36.1. The first-order chi connectivity index (χ1) is 8.45. The lowest BCUT2D eigenvalue weighted by atomic mass is 10.1. The highest BCUT2D eigenvalue weighted by Crippen LogP contribution is 2.15. The van der Waals surface area contributed by atoms with Crippen LogP contribution < -0.4 is 17.0 Å². The Morgan fingerprint density at radius 1 is 1.28 bits per heavy atom. The molecule has 6 nitrogen and oxygen atoms in total. The Bertz CT molecular complexity index is 725. The van der Waals surface area contributed by atoms with E-state index in [0.717, 1.165) is 9.13 Å². The van der Waals surface area contributed by atoms with Gasteiger partial charge in [-0.25, -0.2) is 4.79 Å². The molecule has 0 saturated carbocycles. The van der Waals surface area contributed by atoms with Crippen molar-refractivity contribution < 1.29 is 4.79 Å². The summed E-state index contributed by atoms with van der Waals surface area (Å²) in [6.45, 7) is 0. The zero-order valence-electron chi connectivity index (χ0n) is 9.84. The van der Waals surface area contributed by atoms with Gasteiger partial charge in [0, 0.05) is 14.1 Å². The van der Waals surface area contributed by atoms with Crippen molar-refractivity contribution in [1.29, 1.82) is 0 Å². The molecule has 94 valence electrons. The predicted molar refractivity (Wildman–Crippen MR) is 69.1 cm³/mol. The number of carbonyl (C=O) groups is 1. The molecule has 2 heterocycles. The normalized spacial score (nSPS) is 10.6. The highest BCUT2D eigenvalue weighted by Gasteiger charge is 2.21. The molecule has 0 aliphatic rings. The Balaban J connectivity index is 2.78. The summed E-state index contributed by atoms with van der Waals surface area (Å²) in [5.41, 5.74) is 4.30. The van der Waals surface area contributed by atoms with Crippen molar-refractivity contribution in [3.8, 4) is 0 Å². The maximum Gasteiger partial charge on any atom is 0.332 e. The first-order valence-corrected chi connectivity index (χ1v) is 5.96. The molecule has 0 spiro atoms. The Hall–Kier alpha value is -2.15. The number of hydrogen-bond donors (Lipinski definition) is 1. The van der Waals surface area contributed by atoms with E-state index in [9.17, 15) is 14.4 Å². The fourth-order valence-corrected chi connectivity index (χ4v) is 2.27. The van der Waals surface area contributed by atoms with Gasteiger partial charge in [-0.2, -0.15) is 0 Å². The number of ketones is 1. The first-order valence-electron chi connectivity index (χ1n) is 5.09. The second kappa shape index (κ2) is 4.26. The largest absolute Gasteiger partial charge is 0.384 e. The van der Waals surface area contributed by atoms with E-state index in [1.165, 1.54) is 25.4 Å². The number of nitrogens with two attached hydrogens (primary N) is 1. The predicted octanol–water partition coefficient (Wildman–Crippen LogP) is -0.0413. The maximum atomic E-state index is 12.2. The van der Waals surface area contributed by atoms with Crippen molar-refractivity contribution in [1.82, 2.24) is 9.13 Å². The van der Waals surface area contributed by atoms with E-state index >= 15 is 0 Å². The number of rotatable bonds is 2. The summed E-state index contributed by atoms with van der Waals surface area (Å²) < 4.78 is 1.96. The minimum absolute atomic E-state index is 0.110. The molecule has 0 radical (unpaired) electrons. The van der Waals surface area contributed by atoms with Gasteiger partial charge < -0.3 is 5.73 Å². The van der Waals surface area contributed by atoms with Crippen molar-refractivity contribution in [2.24, 2.45) is 14.1 Å². The second-order valence-corrected chi connectivity index (χ2v) is 4.72. The molecule has 0 saturated heterocycles.